The Hall–Kier alpha value is -1.35. The van der Waals surface area contributed by atoms with Crippen molar-refractivity contribution < 1.29 is 48.6 Å². The summed E-state index contributed by atoms with van der Waals surface area (Å²) in [6.07, 6.45) is 4.54. The van der Waals surface area contributed by atoms with Gasteiger partial charge in [-0.25, -0.2) is 14.6 Å². The zero-order chi connectivity index (χ0) is 18.2. The minimum atomic E-state index is -0.517. The second kappa shape index (κ2) is 11.3. The fourth-order valence-corrected chi connectivity index (χ4v) is 1.84. The predicted octanol–water partition coefficient (Wildman–Crippen LogP) is -0.729. The van der Waals surface area contributed by atoms with Crippen molar-refractivity contribution >= 4 is 30.5 Å². The number of carbonyl (C=O) groups excluding carboxylic acids is 2. The number of rotatable bonds is 6. The number of esters is 1. The number of ether oxygens (including phenoxy) is 2. The van der Waals surface area contributed by atoms with E-state index in [0.717, 1.165) is 0 Å². The molecule has 0 unspecified atom stereocenters. The Morgan fingerprint density at radius 2 is 1.92 bits per heavy atom. The Bertz CT molecular complexity index is 618. The molecular formula is C16H22N3NaO4S. The van der Waals surface area contributed by atoms with Crippen LogP contribution in [0.4, 0.5) is 10.6 Å². The Morgan fingerprint density at radius 3 is 2.48 bits per heavy atom. The van der Waals surface area contributed by atoms with Crippen LogP contribution in [0.2, 0.25) is 0 Å². The third-order valence-electron chi connectivity index (χ3n) is 2.59. The number of alkyl carbamates (subject to hydrolysis) is 1. The van der Waals surface area contributed by atoms with Gasteiger partial charge in [0.1, 0.15) is 11.4 Å². The Labute approximate surface area is 175 Å². The number of nitrogens with one attached hydrogen (secondary N) is 2. The van der Waals surface area contributed by atoms with Crippen LogP contribution in [0.5, 0.6) is 0 Å². The third kappa shape index (κ3) is 9.64. The molecule has 132 valence electrons. The molecule has 0 aliphatic carbocycles. The van der Waals surface area contributed by atoms with Gasteiger partial charge in [-0.1, -0.05) is 18.2 Å². The summed E-state index contributed by atoms with van der Waals surface area (Å²) < 4.78 is 9.71. The molecule has 0 radical (unpaired) electrons. The molecule has 1 amide bonds. The Morgan fingerprint density at radius 1 is 1.28 bits per heavy atom. The van der Waals surface area contributed by atoms with E-state index in [9.17, 15) is 9.59 Å². The van der Waals surface area contributed by atoms with Crippen LogP contribution in [-0.2, 0) is 22.1 Å². The van der Waals surface area contributed by atoms with Gasteiger partial charge in [0.15, 0.2) is 0 Å². The first kappa shape index (κ1) is 23.6. The molecule has 1 aromatic rings. The summed E-state index contributed by atoms with van der Waals surface area (Å²) in [5, 5.41) is 5.64. The van der Waals surface area contributed by atoms with Gasteiger partial charge in [0.25, 0.3) is 0 Å². The standard InChI is InChI=1S/C16H23N3O4S.Na/c1-16(2,3)23-15(21)18-8-6-5-7-17-13-12(24)9-11(10-19-13)14(20)22-4;/h5-6,9-10,24H,7-8H2,1-4H3,(H,17,19)(H,18,21);/q;+1/p-1/b6-5+;. The van der Waals surface area contributed by atoms with Crippen molar-refractivity contribution in [2.45, 2.75) is 31.3 Å². The fourth-order valence-electron chi connectivity index (χ4n) is 1.59. The summed E-state index contributed by atoms with van der Waals surface area (Å²) in [4.78, 5) is 27.3. The topological polar surface area (TPSA) is 89.5 Å². The van der Waals surface area contributed by atoms with Gasteiger partial charge in [0.2, 0.25) is 0 Å². The van der Waals surface area contributed by atoms with E-state index in [1.54, 1.807) is 26.8 Å². The van der Waals surface area contributed by atoms with E-state index in [1.807, 2.05) is 6.08 Å². The molecule has 0 spiro atoms. The van der Waals surface area contributed by atoms with Gasteiger partial charge in [-0.2, -0.15) is 0 Å². The molecule has 0 aliphatic rings. The van der Waals surface area contributed by atoms with Crippen molar-refractivity contribution in [2.24, 2.45) is 0 Å². The monoisotopic (exact) mass is 375 g/mol. The molecule has 0 aromatic carbocycles. The molecule has 25 heavy (non-hydrogen) atoms. The first-order valence-electron chi connectivity index (χ1n) is 7.34. The maximum absolute atomic E-state index is 11.4. The molecule has 0 saturated carbocycles. The summed E-state index contributed by atoms with van der Waals surface area (Å²) in [7, 11) is 1.30. The minimum absolute atomic E-state index is 0. The number of nitrogens with zero attached hydrogens (tertiary/aromatic N) is 1. The average Bonchev–Trinajstić information content (AvgIpc) is 2.49. The summed E-state index contributed by atoms with van der Waals surface area (Å²) >= 11 is 5.16. The van der Waals surface area contributed by atoms with Gasteiger partial charge >= 0.3 is 41.6 Å². The maximum Gasteiger partial charge on any atom is 1.00 e. The summed E-state index contributed by atoms with van der Waals surface area (Å²) in [5.74, 6) is 0.0238. The van der Waals surface area contributed by atoms with E-state index < -0.39 is 17.7 Å². The van der Waals surface area contributed by atoms with E-state index in [4.69, 9.17) is 17.4 Å². The minimum Gasteiger partial charge on any atom is -0.776 e. The molecule has 0 aliphatic heterocycles. The quantitative estimate of drug-likeness (QED) is 0.293. The molecule has 0 bridgehead atoms. The number of pyridine rings is 1. The van der Waals surface area contributed by atoms with Crippen LogP contribution in [0, 0.1) is 0 Å². The molecule has 0 atom stereocenters. The normalized spacial score (nSPS) is 10.7. The molecule has 1 aromatic heterocycles. The van der Waals surface area contributed by atoms with Crippen LogP contribution in [0.1, 0.15) is 31.1 Å². The van der Waals surface area contributed by atoms with E-state index in [0.29, 0.717) is 29.4 Å². The largest absolute Gasteiger partial charge is 1.00 e. The van der Waals surface area contributed by atoms with Crippen LogP contribution in [0.25, 0.3) is 0 Å². The average molecular weight is 375 g/mol. The molecular weight excluding hydrogens is 353 g/mol. The van der Waals surface area contributed by atoms with Crippen LogP contribution in [0.15, 0.2) is 29.3 Å². The number of anilines is 1. The zero-order valence-corrected chi connectivity index (χ0v) is 18.0. The van der Waals surface area contributed by atoms with Crippen molar-refractivity contribution in [3.63, 3.8) is 0 Å². The van der Waals surface area contributed by atoms with Crippen LogP contribution in [-0.4, -0.2) is 42.8 Å². The van der Waals surface area contributed by atoms with Gasteiger partial charge in [-0.05, 0) is 20.8 Å². The number of hydrogen-bond acceptors (Lipinski definition) is 7. The van der Waals surface area contributed by atoms with Gasteiger partial charge in [0, 0.05) is 19.3 Å². The van der Waals surface area contributed by atoms with Crippen molar-refractivity contribution in [2.75, 3.05) is 25.5 Å². The molecule has 0 saturated heterocycles. The van der Waals surface area contributed by atoms with Crippen LogP contribution >= 0.6 is 0 Å². The Balaban J connectivity index is 0.00000576. The first-order chi connectivity index (χ1) is 11.2. The summed E-state index contributed by atoms with van der Waals surface area (Å²) in [6.45, 7) is 6.24. The second-order valence-corrected chi connectivity index (χ2v) is 6.24. The van der Waals surface area contributed by atoms with Crippen molar-refractivity contribution in [3.8, 4) is 0 Å². The van der Waals surface area contributed by atoms with Crippen molar-refractivity contribution in [1.82, 2.24) is 10.3 Å². The van der Waals surface area contributed by atoms with Crippen LogP contribution in [0.3, 0.4) is 0 Å². The van der Waals surface area contributed by atoms with Gasteiger partial charge in [-0.3, -0.25) is 0 Å². The molecule has 9 heteroatoms. The zero-order valence-electron chi connectivity index (χ0n) is 15.2. The van der Waals surface area contributed by atoms with E-state index in [2.05, 4.69) is 20.4 Å². The fraction of sp³-hybridized carbons (Fsp3) is 0.438. The van der Waals surface area contributed by atoms with E-state index in [1.165, 1.54) is 19.4 Å². The van der Waals surface area contributed by atoms with Crippen LogP contribution < -0.4 is 40.2 Å². The van der Waals surface area contributed by atoms with Gasteiger partial charge < -0.3 is 32.7 Å². The molecule has 2 N–H and O–H groups in total. The van der Waals surface area contributed by atoms with Gasteiger partial charge in [0.05, 0.1) is 12.7 Å². The maximum atomic E-state index is 11.4. The molecule has 1 rings (SSSR count). The van der Waals surface area contributed by atoms with E-state index in [-0.39, 0.29) is 29.6 Å². The van der Waals surface area contributed by atoms with E-state index >= 15 is 0 Å². The SMILES string of the molecule is COC(=O)c1cnc(NC/C=C/CNC(=O)OC(C)(C)C)c([S-])c1.[Na+]. The summed E-state index contributed by atoms with van der Waals surface area (Å²) in [6, 6.07) is 1.53. The second-order valence-electron chi connectivity index (χ2n) is 5.80. The predicted molar refractivity (Wildman–Crippen MR) is 93.1 cm³/mol. The summed E-state index contributed by atoms with van der Waals surface area (Å²) in [5.41, 5.74) is -0.206. The van der Waals surface area contributed by atoms with Gasteiger partial charge in [-0.15, -0.1) is 4.90 Å². The molecule has 0 fully saturated rings. The number of hydrogen-bond donors (Lipinski definition) is 2. The smallest absolute Gasteiger partial charge is 0.776 e. The van der Waals surface area contributed by atoms with Crippen molar-refractivity contribution in [1.29, 1.82) is 0 Å². The third-order valence-corrected chi connectivity index (χ3v) is 2.90. The first-order valence-corrected chi connectivity index (χ1v) is 7.75. The van der Waals surface area contributed by atoms with Crippen molar-refractivity contribution in [3.05, 3.63) is 30.0 Å². The number of amides is 1. The number of carbonyl (C=O) groups is 2. The molecule has 7 nitrogen and oxygen atoms in total. The molecule has 1 heterocycles. The number of aromatic nitrogens is 1. The number of methoxy groups -OCH3 is 1. The Kier molecular flexibility index (Phi) is 10.7.